The number of hydrogen-bond acceptors (Lipinski definition) is 5. The van der Waals surface area contributed by atoms with E-state index in [2.05, 4.69) is 32.8 Å². The Hall–Kier alpha value is -0.820. The molecule has 118 valence electrons. The van der Waals surface area contributed by atoms with Crippen molar-refractivity contribution in [2.45, 2.75) is 6.61 Å². The smallest absolute Gasteiger partial charge is 0.175 e. The Balaban J connectivity index is 1.90. The number of hydrogen-bond donors (Lipinski definition) is 1. The minimum Gasteiger partial charge on any atom is -0.493 e. The molecular weight excluding hydrogens is 336 g/mol. The fourth-order valence-electron chi connectivity index (χ4n) is 2.35. The minimum absolute atomic E-state index is 0.0173. The molecule has 1 heterocycles. The summed E-state index contributed by atoms with van der Waals surface area (Å²) in [7, 11) is 3.76. The van der Waals surface area contributed by atoms with E-state index in [0.717, 1.165) is 42.8 Å². The maximum atomic E-state index is 9.21. The molecule has 6 heteroatoms. The molecule has 0 bridgehead atoms. The average molecular weight is 359 g/mol. The van der Waals surface area contributed by atoms with Crippen molar-refractivity contribution in [3.63, 3.8) is 0 Å². The number of likely N-dealkylation sites (N-methyl/N-ethyl adjacent to an activating group) is 1. The summed E-state index contributed by atoms with van der Waals surface area (Å²) in [6.45, 7) is 5.90. The van der Waals surface area contributed by atoms with Crippen LogP contribution >= 0.6 is 15.9 Å². The first-order valence-corrected chi connectivity index (χ1v) is 7.94. The predicted octanol–water partition coefficient (Wildman–Crippen LogP) is 1.58. The predicted molar refractivity (Wildman–Crippen MR) is 86.0 cm³/mol. The molecule has 0 radical (unpaired) electrons. The van der Waals surface area contributed by atoms with Crippen LogP contribution in [-0.4, -0.2) is 68.4 Å². The van der Waals surface area contributed by atoms with Crippen molar-refractivity contribution in [3.05, 3.63) is 22.2 Å². The van der Waals surface area contributed by atoms with Gasteiger partial charge in [0.2, 0.25) is 0 Å². The van der Waals surface area contributed by atoms with Crippen LogP contribution in [0.15, 0.2) is 16.6 Å². The zero-order chi connectivity index (χ0) is 15.2. The van der Waals surface area contributed by atoms with E-state index >= 15 is 0 Å². The molecule has 0 amide bonds. The molecule has 1 saturated heterocycles. The number of ether oxygens (including phenoxy) is 2. The number of nitrogens with zero attached hydrogens (tertiary/aromatic N) is 2. The summed E-state index contributed by atoms with van der Waals surface area (Å²) >= 11 is 3.48. The van der Waals surface area contributed by atoms with Gasteiger partial charge in [-0.15, -0.1) is 0 Å². The molecule has 0 spiro atoms. The van der Waals surface area contributed by atoms with Crippen molar-refractivity contribution < 1.29 is 14.6 Å². The van der Waals surface area contributed by atoms with E-state index < -0.39 is 0 Å². The third-order valence-corrected chi connectivity index (χ3v) is 4.31. The first-order valence-electron chi connectivity index (χ1n) is 7.15. The molecule has 1 fully saturated rings. The van der Waals surface area contributed by atoms with E-state index in [1.165, 1.54) is 0 Å². The summed E-state index contributed by atoms with van der Waals surface area (Å²) in [4.78, 5) is 4.74. The molecule has 1 aliphatic heterocycles. The maximum Gasteiger partial charge on any atom is 0.175 e. The van der Waals surface area contributed by atoms with Gasteiger partial charge in [-0.2, -0.15) is 0 Å². The quantitative estimate of drug-likeness (QED) is 0.836. The third-order valence-electron chi connectivity index (χ3n) is 3.72. The van der Waals surface area contributed by atoms with Crippen molar-refractivity contribution in [3.8, 4) is 11.5 Å². The number of benzene rings is 1. The number of halogens is 1. The van der Waals surface area contributed by atoms with Crippen LogP contribution in [0.1, 0.15) is 5.56 Å². The number of methoxy groups -OCH3 is 1. The normalized spacial score (nSPS) is 17.0. The van der Waals surface area contributed by atoms with Gasteiger partial charge in [0, 0.05) is 32.7 Å². The summed E-state index contributed by atoms with van der Waals surface area (Å²) in [5.41, 5.74) is 0.796. The van der Waals surface area contributed by atoms with Gasteiger partial charge in [-0.3, -0.25) is 4.90 Å². The van der Waals surface area contributed by atoms with Crippen molar-refractivity contribution in [2.24, 2.45) is 0 Å². The topological polar surface area (TPSA) is 45.2 Å². The molecule has 2 rings (SSSR count). The Morgan fingerprint density at radius 1 is 1.24 bits per heavy atom. The van der Waals surface area contributed by atoms with Crippen LogP contribution in [-0.2, 0) is 6.61 Å². The van der Waals surface area contributed by atoms with Gasteiger partial charge in [0.25, 0.3) is 0 Å². The van der Waals surface area contributed by atoms with Gasteiger partial charge < -0.3 is 19.5 Å². The first kappa shape index (κ1) is 16.5. The van der Waals surface area contributed by atoms with Crippen LogP contribution in [0.4, 0.5) is 0 Å². The molecule has 21 heavy (non-hydrogen) atoms. The van der Waals surface area contributed by atoms with Gasteiger partial charge in [0.15, 0.2) is 11.5 Å². The zero-order valence-corrected chi connectivity index (χ0v) is 14.2. The van der Waals surface area contributed by atoms with Crippen LogP contribution in [0.5, 0.6) is 11.5 Å². The van der Waals surface area contributed by atoms with Gasteiger partial charge in [0.1, 0.15) is 6.61 Å². The summed E-state index contributed by atoms with van der Waals surface area (Å²) in [5.74, 6) is 1.34. The Bertz CT molecular complexity index is 462. The summed E-state index contributed by atoms with van der Waals surface area (Å²) < 4.78 is 12.0. The van der Waals surface area contributed by atoms with Gasteiger partial charge in [-0.05, 0) is 40.7 Å². The summed E-state index contributed by atoms with van der Waals surface area (Å²) in [5, 5.41) is 9.21. The van der Waals surface area contributed by atoms with E-state index in [0.29, 0.717) is 18.1 Å². The molecule has 0 atom stereocenters. The molecule has 0 saturated carbocycles. The van der Waals surface area contributed by atoms with Crippen molar-refractivity contribution in [1.82, 2.24) is 9.80 Å². The lowest BCUT2D eigenvalue weighted by Gasteiger charge is -2.32. The molecule has 0 aromatic heterocycles. The van der Waals surface area contributed by atoms with Crippen molar-refractivity contribution >= 4 is 15.9 Å². The SMILES string of the molecule is COc1cc(CO)cc(Br)c1OCCN1CCN(C)CC1. The van der Waals surface area contributed by atoms with E-state index in [9.17, 15) is 5.11 Å². The number of aliphatic hydroxyl groups excluding tert-OH is 1. The highest BCUT2D eigenvalue weighted by atomic mass is 79.9. The van der Waals surface area contributed by atoms with Crippen LogP contribution in [0.2, 0.25) is 0 Å². The zero-order valence-electron chi connectivity index (χ0n) is 12.6. The monoisotopic (exact) mass is 358 g/mol. The molecule has 1 N–H and O–H groups in total. The number of piperazine rings is 1. The lowest BCUT2D eigenvalue weighted by molar-refractivity contribution is 0.132. The van der Waals surface area contributed by atoms with Crippen LogP contribution in [0.3, 0.4) is 0 Å². The van der Waals surface area contributed by atoms with E-state index in [4.69, 9.17) is 9.47 Å². The Morgan fingerprint density at radius 2 is 1.95 bits per heavy atom. The Morgan fingerprint density at radius 3 is 2.57 bits per heavy atom. The van der Waals surface area contributed by atoms with Crippen molar-refractivity contribution in [1.29, 1.82) is 0 Å². The van der Waals surface area contributed by atoms with Crippen LogP contribution in [0.25, 0.3) is 0 Å². The van der Waals surface area contributed by atoms with Crippen LogP contribution < -0.4 is 9.47 Å². The second-order valence-electron chi connectivity index (χ2n) is 5.26. The van der Waals surface area contributed by atoms with E-state index in [-0.39, 0.29) is 6.61 Å². The van der Waals surface area contributed by atoms with E-state index in [1.807, 2.05) is 6.07 Å². The lowest BCUT2D eigenvalue weighted by atomic mass is 10.2. The first-order chi connectivity index (χ1) is 10.1. The summed E-state index contributed by atoms with van der Waals surface area (Å²) in [6, 6.07) is 3.66. The summed E-state index contributed by atoms with van der Waals surface area (Å²) in [6.07, 6.45) is 0. The average Bonchev–Trinajstić information content (AvgIpc) is 2.50. The Kier molecular flexibility index (Phi) is 6.29. The molecule has 5 nitrogen and oxygen atoms in total. The van der Waals surface area contributed by atoms with Crippen LogP contribution in [0, 0.1) is 0 Å². The number of aliphatic hydroxyl groups is 1. The van der Waals surface area contributed by atoms with Crippen molar-refractivity contribution in [2.75, 3.05) is 53.5 Å². The highest BCUT2D eigenvalue weighted by Crippen LogP contribution is 2.36. The Labute approximate surface area is 134 Å². The second-order valence-corrected chi connectivity index (χ2v) is 6.11. The molecule has 0 unspecified atom stereocenters. The fraction of sp³-hybridized carbons (Fsp3) is 0.600. The standard InChI is InChI=1S/C15H23BrN2O3/c1-17-3-5-18(6-4-17)7-8-21-15-13(16)9-12(11-19)10-14(15)20-2/h9-10,19H,3-8,11H2,1-2H3. The largest absolute Gasteiger partial charge is 0.493 e. The second kappa shape index (κ2) is 7.98. The van der Waals surface area contributed by atoms with Gasteiger partial charge in [0.05, 0.1) is 18.2 Å². The molecule has 1 aliphatic rings. The molecule has 1 aromatic rings. The third kappa shape index (κ3) is 4.57. The molecule has 0 aliphatic carbocycles. The van der Waals surface area contributed by atoms with Gasteiger partial charge >= 0.3 is 0 Å². The van der Waals surface area contributed by atoms with E-state index in [1.54, 1.807) is 13.2 Å². The number of rotatable bonds is 6. The maximum absolute atomic E-state index is 9.21. The van der Waals surface area contributed by atoms with Gasteiger partial charge in [-0.25, -0.2) is 0 Å². The highest BCUT2D eigenvalue weighted by molar-refractivity contribution is 9.10. The highest BCUT2D eigenvalue weighted by Gasteiger charge is 2.15. The van der Waals surface area contributed by atoms with Gasteiger partial charge in [-0.1, -0.05) is 0 Å². The lowest BCUT2D eigenvalue weighted by Crippen LogP contribution is -2.45. The molecular formula is C15H23BrN2O3. The minimum atomic E-state index is -0.0173. The molecule has 1 aromatic carbocycles. The fourth-order valence-corrected chi connectivity index (χ4v) is 2.96.